The van der Waals surface area contributed by atoms with Crippen LogP contribution in [0.3, 0.4) is 0 Å². The number of rotatable bonds is 7. The first kappa shape index (κ1) is 30.4. The van der Waals surface area contributed by atoms with Crippen LogP contribution in [-0.4, -0.2) is 57.6 Å². The third kappa shape index (κ3) is 5.47. The van der Waals surface area contributed by atoms with Crippen molar-refractivity contribution >= 4 is 11.6 Å². The molecule has 1 amide bonds. The second kappa shape index (κ2) is 12.1. The molecule has 2 aromatic heterocycles. The van der Waals surface area contributed by atoms with Crippen molar-refractivity contribution in [3.05, 3.63) is 97.3 Å². The Labute approximate surface area is 260 Å². The van der Waals surface area contributed by atoms with Crippen LogP contribution in [0.25, 0.3) is 22.4 Å². The Balaban J connectivity index is 1.32. The molecule has 3 atom stereocenters. The lowest BCUT2D eigenvalue weighted by atomic mass is 9.91. The molecule has 1 aliphatic carbocycles. The maximum Gasteiger partial charge on any atom is 0.330 e. The van der Waals surface area contributed by atoms with E-state index in [0.29, 0.717) is 24.8 Å². The number of methoxy groups -OCH3 is 1. The average molecular weight is 612 g/mol. The number of pyridine rings is 1. The number of aliphatic hydroxyl groups excluding tert-OH is 1. The van der Waals surface area contributed by atoms with Gasteiger partial charge >= 0.3 is 5.69 Å². The molecule has 1 aliphatic heterocycles. The summed E-state index contributed by atoms with van der Waals surface area (Å²) in [4.78, 5) is 42.8. The van der Waals surface area contributed by atoms with Gasteiger partial charge in [-0.3, -0.25) is 14.2 Å². The van der Waals surface area contributed by atoms with E-state index in [1.54, 1.807) is 13.2 Å². The molecule has 1 saturated heterocycles. The number of amides is 1. The number of hydrogen-bond donors (Lipinski definition) is 3. The summed E-state index contributed by atoms with van der Waals surface area (Å²) < 4.78 is 13.4. The Kier molecular flexibility index (Phi) is 8.17. The van der Waals surface area contributed by atoms with Gasteiger partial charge in [0.15, 0.2) is 0 Å². The molecule has 45 heavy (non-hydrogen) atoms. The molecular weight excluding hydrogens is 574 g/mol. The molecule has 11 nitrogen and oxygen atoms in total. The summed E-state index contributed by atoms with van der Waals surface area (Å²) in [5, 5.41) is 16.7. The fourth-order valence-electron chi connectivity index (χ4n) is 6.45. The SMILES string of the molecule is COc1nc(-c2cccc(-c3cccc(NC(=O)c4cn(C)c(=O)n(C)c4=O)c3C)c2C)cc2c1[C@H](N[C@@H]1COC[C@@H]1O)CC2. The van der Waals surface area contributed by atoms with Crippen LogP contribution in [0.2, 0.25) is 0 Å². The highest BCUT2D eigenvalue weighted by Gasteiger charge is 2.34. The Morgan fingerprint density at radius 2 is 1.76 bits per heavy atom. The Morgan fingerprint density at radius 1 is 1.04 bits per heavy atom. The molecule has 2 aliphatic rings. The predicted molar refractivity (Wildman–Crippen MR) is 171 cm³/mol. The maximum absolute atomic E-state index is 13.2. The van der Waals surface area contributed by atoms with Crippen molar-refractivity contribution in [3.8, 4) is 28.3 Å². The number of aryl methyl sites for hydroxylation is 2. The van der Waals surface area contributed by atoms with E-state index in [2.05, 4.69) is 23.6 Å². The molecule has 1 fully saturated rings. The van der Waals surface area contributed by atoms with E-state index in [-0.39, 0.29) is 17.6 Å². The first-order chi connectivity index (χ1) is 21.6. The summed E-state index contributed by atoms with van der Waals surface area (Å²) in [5.74, 6) is -0.0183. The number of nitrogens with one attached hydrogen (secondary N) is 2. The van der Waals surface area contributed by atoms with Crippen molar-refractivity contribution in [3.63, 3.8) is 0 Å². The van der Waals surface area contributed by atoms with Gasteiger partial charge in [0, 0.05) is 43.1 Å². The minimum Gasteiger partial charge on any atom is -0.481 e. The van der Waals surface area contributed by atoms with Gasteiger partial charge in [-0.25, -0.2) is 9.78 Å². The van der Waals surface area contributed by atoms with Crippen LogP contribution in [0, 0.1) is 13.8 Å². The molecular formula is C34H37N5O6. The summed E-state index contributed by atoms with van der Waals surface area (Å²) in [6.07, 6.45) is 2.46. The van der Waals surface area contributed by atoms with Crippen molar-refractivity contribution in [1.29, 1.82) is 0 Å². The quantitative estimate of drug-likeness (QED) is 0.290. The van der Waals surface area contributed by atoms with Gasteiger partial charge in [-0.2, -0.15) is 0 Å². The molecule has 3 N–H and O–H groups in total. The molecule has 3 heterocycles. The lowest BCUT2D eigenvalue weighted by molar-refractivity contribution is 0.102. The van der Waals surface area contributed by atoms with Gasteiger partial charge in [-0.1, -0.05) is 30.3 Å². The topological polar surface area (TPSA) is 137 Å². The standard InChI is InChI=1S/C34H37N5O6/c1-18-21(22-9-7-11-25(19(22)2)36-31(41)24-15-38(3)34(43)39(4)33(24)42)8-6-10-23(18)27-14-20-12-13-26(30(20)32(37-27)44-5)35-28-16-45-17-29(28)40/h6-11,14-15,26,28-29,35,40H,12-13,16-17H2,1-5H3,(H,36,41)/t26-,28-,29+/m1/s1. The summed E-state index contributed by atoms with van der Waals surface area (Å²) >= 11 is 0. The van der Waals surface area contributed by atoms with Crippen molar-refractivity contribution in [2.75, 3.05) is 25.6 Å². The van der Waals surface area contributed by atoms with E-state index in [1.807, 2.05) is 37.3 Å². The third-order valence-electron chi connectivity index (χ3n) is 8.99. The van der Waals surface area contributed by atoms with E-state index >= 15 is 0 Å². The van der Waals surface area contributed by atoms with Crippen LogP contribution >= 0.6 is 0 Å². The van der Waals surface area contributed by atoms with Gasteiger partial charge < -0.3 is 29.8 Å². The number of nitrogens with zero attached hydrogens (tertiary/aromatic N) is 3. The Bertz CT molecular complexity index is 1930. The predicted octanol–water partition coefficient (Wildman–Crippen LogP) is 3.03. The Morgan fingerprint density at radius 3 is 2.47 bits per heavy atom. The second-order valence-electron chi connectivity index (χ2n) is 11.8. The van der Waals surface area contributed by atoms with Crippen LogP contribution in [0.1, 0.15) is 45.1 Å². The van der Waals surface area contributed by atoms with Crippen LogP contribution < -0.4 is 26.6 Å². The van der Waals surface area contributed by atoms with E-state index < -0.39 is 23.3 Å². The minimum absolute atomic E-state index is 0.0202. The molecule has 0 unspecified atom stereocenters. The zero-order valence-corrected chi connectivity index (χ0v) is 26.0. The summed E-state index contributed by atoms with van der Waals surface area (Å²) in [7, 11) is 4.48. The molecule has 2 aromatic carbocycles. The number of benzene rings is 2. The molecule has 0 spiro atoms. The first-order valence-electron chi connectivity index (χ1n) is 15.0. The van der Waals surface area contributed by atoms with Gasteiger partial charge in [0.1, 0.15) is 5.56 Å². The number of aliphatic hydroxyl groups is 1. The average Bonchev–Trinajstić information content (AvgIpc) is 3.64. The largest absolute Gasteiger partial charge is 0.481 e. The van der Waals surface area contributed by atoms with Crippen LogP contribution in [0.5, 0.6) is 5.88 Å². The fourth-order valence-corrected chi connectivity index (χ4v) is 6.45. The molecule has 6 rings (SSSR count). The lowest BCUT2D eigenvalue weighted by Gasteiger charge is -2.22. The van der Waals surface area contributed by atoms with Crippen molar-refractivity contribution < 1.29 is 19.4 Å². The molecule has 4 aromatic rings. The zero-order valence-electron chi connectivity index (χ0n) is 26.0. The number of carbonyl (C=O) groups excluding carboxylic acids is 1. The van der Waals surface area contributed by atoms with Gasteiger partial charge in [-0.05, 0) is 66.6 Å². The van der Waals surface area contributed by atoms with E-state index in [9.17, 15) is 19.5 Å². The van der Waals surface area contributed by atoms with Gasteiger partial charge in [-0.15, -0.1) is 0 Å². The van der Waals surface area contributed by atoms with Crippen molar-refractivity contribution in [1.82, 2.24) is 19.4 Å². The number of fused-ring (bicyclic) bond motifs is 1. The molecule has 11 heteroatoms. The van der Waals surface area contributed by atoms with Gasteiger partial charge in [0.2, 0.25) is 5.88 Å². The number of aromatic nitrogens is 3. The monoisotopic (exact) mass is 611 g/mol. The van der Waals surface area contributed by atoms with E-state index in [1.165, 1.54) is 24.9 Å². The zero-order chi connectivity index (χ0) is 32.0. The van der Waals surface area contributed by atoms with Crippen molar-refractivity contribution in [2.45, 2.75) is 44.9 Å². The highest BCUT2D eigenvalue weighted by molar-refractivity contribution is 6.04. The van der Waals surface area contributed by atoms with Crippen LogP contribution in [0.15, 0.2) is 58.3 Å². The molecule has 0 saturated carbocycles. The number of ether oxygens (including phenoxy) is 2. The fraction of sp³-hybridized carbons (Fsp3) is 0.353. The maximum atomic E-state index is 13.2. The highest BCUT2D eigenvalue weighted by atomic mass is 16.5. The number of anilines is 1. The molecule has 0 radical (unpaired) electrons. The smallest absolute Gasteiger partial charge is 0.330 e. The van der Waals surface area contributed by atoms with E-state index in [4.69, 9.17) is 14.5 Å². The van der Waals surface area contributed by atoms with Crippen LogP contribution in [0.4, 0.5) is 5.69 Å². The summed E-state index contributed by atoms with van der Waals surface area (Å²) in [6.45, 7) is 4.79. The number of carbonyl (C=O) groups is 1. The molecule has 234 valence electrons. The number of hydrogen-bond acceptors (Lipinski definition) is 8. The van der Waals surface area contributed by atoms with Gasteiger partial charge in [0.25, 0.3) is 11.5 Å². The Hall–Kier alpha value is -4.58. The first-order valence-corrected chi connectivity index (χ1v) is 15.0. The van der Waals surface area contributed by atoms with Crippen molar-refractivity contribution in [2.24, 2.45) is 14.1 Å². The second-order valence-corrected chi connectivity index (χ2v) is 11.8. The molecule has 0 bridgehead atoms. The van der Waals surface area contributed by atoms with Gasteiger partial charge in [0.05, 0.1) is 38.2 Å². The van der Waals surface area contributed by atoms with Crippen LogP contribution in [-0.2, 0) is 25.3 Å². The minimum atomic E-state index is -0.655. The summed E-state index contributed by atoms with van der Waals surface area (Å²) in [5.41, 5.74) is 7.01. The van der Waals surface area contributed by atoms with E-state index in [0.717, 1.165) is 62.0 Å². The highest BCUT2D eigenvalue weighted by Crippen LogP contribution is 2.41. The normalized spacial score (nSPS) is 19.0. The third-order valence-corrected chi connectivity index (χ3v) is 8.99. The summed E-state index contributed by atoms with van der Waals surface area (Å²) in [6, 6.07) is 13.7. The lowest BCUT2D eigenvalue weighted by Crippen LogP contribution is -2.40.